The number of rotatable bonds is 5. The van der Waals surface area contributed by atoms with E-state index in [0.29, 0.717) is 5.78 Å². The molecule has 1 heterocycles. The highest BCUT2D eigenvalue weighted by Gasteiger charge is 2.32. The van der Waals surface area contributed by atoms with Crippen LogP contribution in [0, 0.1) is 18.3 Å². The first kappa shape index (κ1) is 19.0. The lowest BCUT2D eigenvalue weighted by Crippen LogP contribution is -2.44. The number of carbonyl (C=O) groups is 1. The molecule has 1 saturated carbocycles. The standard InChI is InChI=1S/C23H34N2O/c1-19-9-7-8-12-21(19)25-17-15-24(16-18-25)14-13-23(2,3)22(26)20-10-5-4-6-11-20/h7-9,12-14,20H,4-6,10-11,15-18H2,1-3H3/b14-13+. The Morgan fingerprint density at radius 2 is 1.69 bits per heavy atom. The molecule has 0 bridgehead atoms. The van der Waals surface area contributed by atoms with Gasteiger partial charge in [-0.05, 0) is 51.4 Å². The summed E-state index contributed by atoms with van der Waals surface area (Å²) in [5, 5.41) is 0. The van der Waals surface area contributed by atoms with Crippen LogP contribution in [0.4, 0.5) is 5.69 Å². The van der Waals surface area contributed by atoms with Crippen LogP contribution in [-0.4, -0.2) is 36.9 Å². The molecule has 0 N–H and O–H groups in total. The molecule has 1 aromatic rings. The second-order valence-corrected chi connectivity index (χ2v) is 8.55. The molecule has 0 aromatic heterocycles. The fourth-order valence-corrected chi connectivity index (χ4v) is 4.29. The quantitative estimate of drug-likeness (QED) is 0.758. The maximum Gasteiger partial charge on any atom is 0.145 e. The molecule has 3 heteroatoms. The SMILES string of the molecule is Cc1ccccc1N1CCN(/C=C/C(C)(C)C(=O)C2CCCCC2)CC1. The van der Waals surface area contributed by atoms with Crippen molar-refractivity contribution in [3.05, 3.63) is 42.1 Å². The van der Waals surface area contributed by atoms with E-state index in [4.69, 9.17) is 0 Å². The van der Waals surface area contributed by atoms with Crippen molar-refractivity contribution in [2.24, 2.45) is 11.3 Å². The van der Waals surface area contributed by atoms with Crippen LogP contribution in [0.3, 0.4) is 0 Å². The van der Waals surface area contributed by atoms with Crippen LogP contribution in [0.2, 0.25) is 0 Å². The first-order chi connectivity index (χ1) is 12.5. The van der Waals surface area contributed by atoms with Gasteiger partial charge in [-0.25, -0.2) is 0 Å². The zero-order valence-corrected chi connectivity index (χ0v) is 16.7. The molecule has 2 aliphatic rings. The van der Waals surface area contributed by atoms with E-state index in [1.807, 2.05) is 0 Å². The Morgan fingerprint density at radius 1 is 1.04 bits per heavy atom. The lowest BCUT2D eigenvalue weighted by Gasteiger charge is -2.37. The average Bonchev–Trinajstić information content (AvgIpc) is 2.67. The van der Waals surface area contributed by atoms with Crippen LogP contribution in [-0.2, 0) is 4.79 Å². The Hall–Kier alpha value is -1.77. The largest absolute Gasteiger partial charge is 0.374 e. The predicted molar refractivity (Wildman–Crippen MR) is 109 cm³/mol. The maximum atomic E-state index is 12.9. The fourth-order valence-electron chi connectivity index (χ4n) is 4.29. The first-order valence-electron chi connectivity index (χ1n) is 10.3. The molecule has 0 amide bonds. The van der Waals surface area contributed by atoms with Gasteiger partial charge in [-0.1, -0.05) is 43.5 Å². The van der Waals surface area contributed by atoms with Crippen molar-refractivity contribution in [1.29, 1.82) is 0 Å². The van der Waals surface area contributed by atoms with Crippen LogP contribution in [0.15, 0.2) is 36.5 Å². The van der Waals surface area contributed by atoms with Gasteiger partial charge in [0.25, 0.3) is 0 Å². The van der Waals surface area contributed by atoms with E-state index >= 15 is 0 Å². The number of hydrogen-bond donors (Lipinski definition) is 0. The van der Waals surface area contributed by atoms with Gasteiger partial charge in [0, 0.05) is 43.2 Å². The van der Waals surface area contributed by atoms with Gasteiger partial charge in [0.2, 0.25) is 0 Å². The van der Waals surface area contributed by atoms with Gasteiger partial charge >= 0.3 is 0 Å². The molecule has 3 nitrogen and oxygen atoms in total. The van der Waals surface area contributed by atoms with Crippen molar-refractivity contribution in [3.63, 3.8) is 0 Å². The monoisotopic (exact) mass is 354 g/mol. The van der Waals surface area contributed by atoms with Crippen molar-refractivity contribution in [3.8, 4) is 0 Å². The number of para-hydroxylation sites is 1. The third kappa shape index (κ3) is 4.49. The van der Waals surface area contributed by atoms with Gasteiger partial charge in [-0.15, -0.1) is 0 Å². The number of allylic oxidation sites excluding steroid dienone is 1. The number of piperazine rings is 1. The molecule has 0 radical (unpaired) electrons. The molecule has 1 saturated heterocycles. The molecule has 1 aromatic carbocycles. The van der Waals surface area contributed by atoms with Gasteiger partial charge in [0.15, 0.2) is 0 Å². The smallest absolute Gasteiger partial charge is 0.145 e. The molecule has 1 aliphatic heterocycles. The third-order valence-electron chi connectivity index (χ3n) is 6.08. The Balaban J connectivity index is 1.54. The summed E-state index contributed by atoms with van der Waals surface area (Å²) >= 11 is 0. The van der Waals surface area contributed by atoms with E-state index in [9.17, 15) is 4.79 Å². The number of anilines is 1. The van der Waals surface area contributed by atoms with Crippen molar-refractivity contribution in [2.45, 2.75) is 52.9 Å². The van der Waals surface area contributed by atoms with E-state index in [1.165, 1.54) is 30.5 Å². The number of nitrogens with zero attached hydrogens (tertiary/aromatic N) is 2. The first-order valence-corrected chi connectivity index (χ1v) is 10.3. The lowest BCUT2D eigenvalue weighted by molar-refractivity contribution is -0.130. The number of benzene rings is 1. The maximum absolute atomic E-state index is 12.9. The summed E-state index contributed by atoms with van der Waals surface area (Å²) in [6.45, 7) is 10.4. The molecular weight excluding hydrogens is 320 g/mol. The fraction of sp³-hybridized carbons (Fsp3) is 0.609. The van der Waals surface area contributed by atoms with E-state index in [1.54, 1.807) is 0 Å². The molecule has 0 spiro atoms. The van der Waals surface area contributed by atoms with E-state index in [2.05, 4.69) is 67.1 Å². The van der Waals surface area contributed by atoms with Crippen LogP contribution in [0.25, 0.3) is 0 Å². The molecule has 0 unspecified atom stereocenters. The summed E-state index contributed by atoms with van der Waals surface area (Å²) in [5.74, 6) is 0.716. The van der Waals surface area contributed by atoms with Crippen molar-refractivity contribution >= 4 is 11.5 Å². The highest BCUT2D eigenvalue weighted by molar-refractivity contribution is 5.88. The molecule has 2 fully saturated rings. The molecule has 142 valence electrons. The minimum atomic E-state index is -0.352. The molecule has 26 heavy (non-hydrogen) atoms. The third-order valence-corrected chi connectivity index (χ3v) is 6.08. The zero-order valence-electron chi connectivity index (χ0n) is 16.7. The second-order valence-electron chi connectivity index (χ2n) is 8.55. The lowest BCUT2D eigenvalue weighted by atomic mass is 9.75. The Morgan fingerprint density at radius 3 is 2.35 bits per heavy atom. The van der Waals surface area contributed by atoms with Gasteiger partial charge in [0.05, 0.1) is 0 Å². The van der Waals surface area contributed by atoms with Crippen LogP contribution < -0.4 is 4.90 Å². The Labute approximate surface area is 159 Å². The summed E-state index contributed by atoms with van der Waals surface area (Å²) < 4.78 is 0. The number of ketones is 1. The number of carbonyl (C=O) groups excluding carboxylic acids is 1. The Bertz CT molecular complexity index is 635. The predicted octanol–water partition coefficient (Wildman–Crippen LogP) is 4.81. The van der Waals surface area contributed by atoms with E-state index in [-0.39, 0.29) is 11.3 Å². The van der Waals surface area contributed by atoms with Crippen LogP contribution >= 0.6 is 0 Å². The summed E-state index contributed by atoms with van der Waals surface area (Å²) in [4.78, 5) is 17.7. The Kier molecular flexibility index (Phi) is 6.05. The van der Waals surface area contributed by atoms with Gasteiger partial charge in [-0.3, -0.25) is 4.79 Å². The van der Waals surface area contributed by atoms with Crippen LogP contribution in [0.5, 0.6) is 0 Å². The van der Waals surface area contributed by atoms with E-state index in [0.717, 1.165) is 39.0 Å². The van der Waals surface area contributed by atoms with E-state index < -0.39 is 0 Å². The minimum Gasteiger partial charge on any atom is -0.374 e. The number of hydrogen-bond acceptors (Lipinski definition) is 3. The van der Waals surface area contributed by atoms with Crippen molar-refractivity contribution < 1.29 is 4.79 Å². The summed E-state index contributed by atoms with van der Waals surface area (Å²) in [7, 11) is 0. The minimum absolute atomic E-state index is 0.279. The molecule has 0 atom stereocenters. The average molecular weight is 355 g/mol. The highest BCUT2D eigenvalue weighted by atomic mass is 16.1. The number of aryl methyl sites for hydroxylation is 1. The highest BCUT2D eigenvalue weighted by Crippen LogP contribution is 2.32. The molecule has 3 rings (SSSR count). The summed E-state index contributed by atoms with van der Waals surface area (Å²) in [5.41, 5.74) is 2.34. The number of Topliss-reactive ketones (excluding diaryl/α,β-unsaturated/α-hetero) is 1. The van der Waals surface area contributed by atoms with Gasteiger partial charge in [0.1, 0.15) is 5.78 Å². The normalized spacial score (nSPS) is 20.0. The van der Waals surface area contributed by atoms with Gasteiger partial charge < -0.3 is 9.80 Å². The zero-order chi connectivity index (χ0) is 18.6. The summed E-state index contributed by atoms with van der Waals surface area (Å²) in [6, 6.07) is 8.62. The van der Waals surface area contributed by atoms with Crippen molar-refractivity contribution in [2.75, 3.05) is 31.1 Å². The van der Waals surface area contributed by atoms with Crippen molar-refractivity contribution in [1.82, 2.24) is 4.90 Å². The topological polar surface area (TPSA) is 23.6 Å². The van der Waals surface area contributed by atoms with Crippen LogP contribution in [0.1, 0.15) is 51.5 Å². The van der Waals surface area contributed by atoms with Gasteiger partial charge in [-0.2, -0.15) is 0 Å². The summed E-state index contributed by atoms with van der Waals surface area (Å²) in [6.07, 6.45) is 10.2. The molecular formula is C23H34N2O. The molecule has 1 aliphatic carbocycles. The second kappa shape index (κ2) is 8.28.